The summed E-state index contributed by atoms with van der Waals surface area (Å²) >= 11 is 0. The summed E-state index contributed by atoms with van der Waals surface area (Å²) in [6.07, 6.45) is 3.77. The predicted octanol–water partition coefficient (Wildman–Crippen LogP) is 5.92. The summed E-state index contributed by atoms with van der Waals surface area (Å²) in [6, 6.07) is 6.32. The number of fused-ring (bicyclic) bond motifs is 3. The average Bonchev–Trinajstić information content (AvgIpc) is 3.62. The van der Waals surface area contributed by atoms with Crippen LogP contribution in [0.15, 0.2) is 30.5 Å². The molecule has 13 heteroatoms. The molecule has 0 spiro atoms. The number of benzene rings is 2. The molecule has 3 saturated heterocycles. The van der Waals surface area contributed by atoms with Gasteiger partial charge >= 0.3 is 12.0 Å². The van der Waals surface area contributed by atoms with Crippen LogP contribution in [0.25, 0.3) is 32.9 Å². The summed E-state index contributed by atoms with van der Waals surface area (Å²) in [7, 11) is 1.49. The van der Waals surface area contributed by atoms with Gasteiger partial charge in [0.05, 0.1) is 16.8 Å². The van der Waals surface area contributed by atoms with E-state index in [1.165, 1.54) is 19.4 Å². The quantitative estimate of drug-likeness (QED) is 0.205. The summed E-state index contributed by atoms with van der Waals surface area (Å²) in [6.45, 7) is 3.86. The molecule has 2 aromatic heterocycles. The Morgan fingerprint density at radius 2 is 1.94 bits per heavy atom. The molecular formula is C35H38F3N5O5. The number of anilines is 1. The molecule has 3 aliphatic rings. The number of methoxy groups -OCH3 is 1. The molecule has 0 aliphatic carbocycles. The number of rotatable bonds is 10. The molecule has 0 bridgehead atoms. The number of piperidine rings is 1. The van der Waals surface area contributed by atoms with Crippen molar-refractivity contribution >= 4 is 33.5 Å². The SMILES string of the molecule is CCc1c(F)ccc2cc(OCOC)cc(-c3ncc4c(N5CCC(C(=O)O)CC5)nc(OC[C@@]56CCCN5C[C@H](F)C6)nc4c3F)c12. The molecule has 0 saturated carbocycles. The minimum absolute atomic E-state index is 0.0401. The number of aromatic nitrogens is 3. The van der Waals surface area contributed by atoms with Gasteiger partial charge in [-0.1, -0.05) is 13.0 Å². The highest BCUT2D eigenvalue weighted by Crippen LogP contribution is 2.42. The standard InChI is InChI=1S/C35H38F3N5O5/c1-3-24-27(37)6-5-21-13-23(48-19-46-2)14-25(28(21)24)30-29(38)31-26(16-39-30)32(42-11-7-20(8-12-42)33(44)45)41-34(40-31)47-18-35-9-4-10-43(35)17-22(36)15-35/h5-6,13-14,16,20,22H,3-4,7-12,15,17-19H2,1-2H3,(H,44,45)/t22-,35+/m1/s1. The summed E-state index contributed by atoms with van der Waals surface area (Å²) in [5.41, 5.74) is 0.190. The molecule has 2 atom stereocenters. The van der Waals surface area contributed by atoms with E-state index in [-0.39, 0.29) is 30.6 Å². The van der Waals surface area contributed by atoms with Gasteiger partial charge in [0.1, 0.15) is 41.4 Å². The first-order valence-corrected chi connectivity index (χ1v) is 16.4. The molecule has 48 heavy (non-hydrogen) atoms. The van der Waals surface area contributed by atoms with E-state index < -0.39 is 35.2 Å². The molecule has 0 unspecified atom stereocenters. The molecule has 7 rings (SSSR count). The second-order valence-electron chi connectivity index (χ2n) is 13.0. The summed E-state index contributed by atoms with van der Waals surface area (Å²) in [5.74, 6) is -1.71. The molecule has 5 heterocycles. The van der Waals surface area contributed by atoms with Gasteiger partial charge in [-0.3, -0.25) is 14.7 Å². The van der Waals surface area contributed by atoms with Gasteiger partial charge in [-0.25, -0.2) is 13.2 Å². The van der Waals surface area contributed by atoms with E-state index in [0.29, 0.717) is 84.2 Å². The lowest BCUT2D eigenvalue weighted by molar-refractivity contribution is -0.142. The zero-order chi connectivity index (χ0) is 33.6. The van der Waals surface area contributed by atoms with E-state index in [0.717, 1.165) is 19.4 Å². The Labute approximate surface area is 275 Å². The lowest BCUT2D eigenvalue weighted by Crippen LogP contribution is -2.43. The highest BCUT2D eigenvalue weighted by molar-refractivity contribution is 6.01. The molecule has 0 radical (unpaired) electrons. The van der Waals surface area contributed by atoms with Crippen molar-refractivity contribution in [3.63, 3.8) is 0 Å². The second-order valence-corrected chi connectivity index (χ2v) is 13.0. The third kappa shape index (κ3) is 5.76. The number of carboxylic acids is 1. The third-order valence-corrected chi connectivity index (χ3v) is 10.1. The van der Waals surface area contributed by atoms with Crippen LogP contribution in [0.4, 0.5) is 19.0 Å². The summed E-state index contributed by atoms with van der Waals surface area (Å²) in [5, 5.41) is 11.0. The number of carboxylic acid groups (broad SMARTS) is 1. The van der Waals surface area contributed by atoms with E-state index in [4.69, 9.17) is 19.2 Å². The van der Waals surface area contributed by atoms with Crippen LogP contribution < -0.4 is 14.4 Å². The fraction of sp³-hybridized carbons (Fsp3) is 0.486. The first-order valence-electron chi connectivity index (χ1n) is 16.4. The number of aryl methyl sites for hydroxylation is 1. The van der Waals surface area contributed by atoms with E-state index in [1.807, 2.05) is 11.8 Å². The fourth-order valence-corrected chi connectivity index (χ4v) is 7.73. The largest absolute Gasteiger partial charge is 0.481 e. The molecule has 0 amide bonds. The number of aliphatic carboxylic acids is 1. The maximum Gasteiger partial charge on any atom is 0.319 e. The van der Waals surface area contributed by atoms with E-state index in [9.17, 15) is 14.3 Å². The molecule has 3 aliphatic heterocycles. The lowest BCUT2D eigenvalue weighted by Gasteiger charge is -2.32. The van der Waals surface area contributed by atoms with Gasteiger partial charge in [-0.2, -0.15) is 9.97 Å². The molecule has 4 aromatic rings. The van der Waals surface area contributed by atoms with E-state index in [2.05, 4.69) is 14.9 Å². The number of nitrogens with zero attached hydrogens (tertiary/aromatic N) is 5. The van der Waals surface area contributed by atoms with Gasteiger partial charge in [0.2, 0.25) is 0 Å². The zero-order valence-corrected chi connectivity index (χ0v) is 27.0. The van der Waals surface area contributed by atoms with Crippen molar-refractivity contribution < 1.29 is 37.3 Å². The van der Waals surface area contributed by atoms with Crippen molar-refractivity contribution in [1.29, 1.82) is 0 Å². The number of pyridine rings is 1. The Morgan fingerprint density at radius 1 is 1.12 bits per heavy atom. The van der Waals surface area contributed by atoms with Gasteiger partial charge in [0, 0.05) is 44.9 Å². The highest BCUT2D eigenvalue weighted by atomic mass is 19.1. The van der Waals surface area contributed by atoms with Crippen molar-refractivity contribution in [1.82, 2.24) is 19.9 Å². The lowest BCUT2D eigenvalue weighted by atomic mass is 9.94. The number of ether oxygens (including phenoxy) is 3. The number of alkyl halides is 1. The molecule has 1 N–H and O–H groups in total. The molecule has 254 valence electrons. The van der Waals surface area contributed by atoms with Crippen molar-refractivity contribution in [3.05, 3.63) is 47.7 Å². The van der Waals surface area contributed by atoms with E-state index >= 15 is 8.78 Å². The van der Waals surface area contributed by atoms with Gasteiger partial charge in [0.15, 0.2) is 12.6 Å². The van der Waals surface area contributed by atoms with Crippen molar-refractivity contribution in [2.24, 2.45) is 5.92 Å². The number of hydrogen-bond acceptors (Lipinski definition) is 9. The van der Waals surface area contributed by atoms with Gasteiger partial charge in [0.25, 0.3) is 0 Å². The van der Waals surface area contributed by atoms with Gasteiger partial charge < -0.3 is 24.2 Å². The van der Waals surface area contributed by atoms with Crippen LogP contribution in [-0.2, 0) is 16.0 Å². The van der Waals surface area contributed by atoms with Crippen LogP contribution >= 0.6 is 0 Å². The first-order chi connectivity index (χ1) is 23.2. The minimum atomic E-state index is -0.945. The van der Waals surface area contributed by atoms with Crippen LogP contribution in [0.5, 0.6) is 11.8 Å². The number of halogens is 3. The second kappa shape index (κ2) is 13.0. The Kier molecular flexibility index (Phi) is 8.75. The summed E-state index contributed by atoms with van der Waals surface area (Å²) < 4.78 is 63.6. The van der Waals surface area contributed by atoms with Gasteiger partial charge in [-0.05, 0) is 73.2 Å². The number of carbonyl (C=O) groups is 1. The van der Waals surface area contributed by atoms with Crippen molar-refractivity contribution in [2.75, 3.05) is 51.6 Å². The Bertz CT molecular complexity index is 1870. The normalized spacial score (nSPS) is 21.7. The zero-order valence-electron chi connectivity index (χ0n) is 27.0. The van der Waals surface area contributed by atoms with E-state index in [1.54, 1.807) is 18.2 Å². The minimum Gasteiger partial charge on any atom is -0.481 e. The van der Waals surface area contributed by atoms with Crippen LogP contribution in [0.3, 0.4) is 0 Å². The van der Waals surface area contributed by atoms with Crippen LogP contribution in [-0.4, -0.2) is 89.3 Å². The first kappa shape index (κ1) is 32.3. The topological polar surface area (TPSA) is 110 Å². The third-order valence-electron chi connectivity index (χ3n) is 10.1. The highest BCUT2D eigenvalue weighted by Gasteiger charge is 2.49. The van der Waals surface area contributed by atoms with Crippen LogP contribution in [0.2, 0.25) is 0 Å². The fourth-order valence-electron chi connectivity index (χ4n) is 7.73. The van der Waals surface area contributed by atoms with Gasteiger partial charge in [-0.15, -0.1) is 0 Å². The van der Waals surface area contributed by atoms with Crippen molar-refractivity contribution in [3.8, 4) is 23.0 Å². The monoisotopic (exact) mass is 665 g/mol. The van der Waals surface area contributed by atoms with Crippen LogP contribution in [0, 0.1) is 17.6 Å². The Balaban J connectivity index is 1.36. The maximum atomic E-state index is 17.0. The molecular weight excluding hydrogens is 627 g/mol. The number of hydrogen-bond donors (Lipinski definition) is 1. The molecule has 10 nitrogen and oxygen atoms in total. The Hall–Kier alpha value is -4.23. The maximum absolute atomic E-state index is 17.0. The molecule has 3 fully saturated rings. The van der Waals surface area contributed by atoms with Crippen LogP contribution in [0.1, 0.15) is 44.6 Å². The summed E-state index contributed by atoms with van der Waals surface area (Å²) in [4.78, 5) is 29.5. The van der Waals surface area contributed by atoms with Crippen molar-refractivity contribution in [2.45, 2.75) is 57.2 Å². The smallest absolute Gasteiger partial charge is 0.319 e. The molecule has 2 aromatic carbocycles. The average molecular weight is 666 g/mol. The Morgan fingerprint density at radius 3 is 2.69 bits per heavy atom. The predicted molar refractivity (Wildman–Crippen MR) is 173 cm³/mol.